The normalized spacial score (nSPS) is 11.9. The van der Waals surface area contributed by atoms with Gasteiger partial charge in [-0.2, -0.15) is 0 Å². The summed E-state index contributed by atoms with van der Waals surface area (Å²) >= 11 is 0. The van der Waals surface area contributed by atoms with E-state index >= 15 is 0 Å². The second-order valence-corrected chi connectivity index (χ2v) is 6.43. The molecule has 0 aliphatic carbocycles. The van der Waals surface area contributed by atoms with Crippen LogP contribution in [0.25, 0.3) is 10.8 Å². The van der Waals surface area contributed by atoms with E-state index in [9.17, 15) is 9.59 Å². The predicted octanol–water partition coefficient (Wildman–Crippen LogP) is 3.40. The van der Waals surface area contributed by atoms with E-state index in [2.05, 4.69) is 23.5 Å². The topological polar surface area (TPSA) is 72.2 Å². The van der Waals surface area contributed by atoms with Crippen molar-refractivity contribution in [2.75, 3.05) is 6.54 Å². The van der Waals surface area contributed by atoms with Crippen LogP contribution in [0.1, 0.15) is 34.3 Å². The Bertz CT molecular complexity index is 950. The molecule has 26 heavy (non-hydrogen) atoms. The fourth-order valence-corrected chi connectivity index (χ4v) is 2.99. The Morgan fingerprint density at radius 3 is 2.50 bits per heavy atom. The maximum atomic E-state index is 12.5. The van der Waals surface area contributed by atoms with Gasteiger partial charge in [-0.3, -0.25) is 9.59 Å². The molecule has 0 aliphatic heterocycles. The highest BCUT2D eigenvalue weighted by atomic mass is 16.2. The Labute approximate surface area is 153 Å². The fourth-order valence-electron chi connectivity index (χ4n) is 2.99. The molecule has 0 saturated carbocycles. The molecule has 4 heteroatoms. The van der Waals surface area contributed by atoms with Crippen LogP contribution in [0.3, 0.4) is 0 Å². The second kappa shape index (κ2) is 7.83. The summed E-state index contributed by atoms with van der Waals surface area (Å²) in [7, 11) is 0. The second-order valence-electron chi connectivity index (χ2n) is 6.43. The molecule has 2 amide bonds. The van der Waals surface area contributed by atoms with E-state index in [4.69, 9.17) is 5.73 Å². The van der Waals surface area contributed by atoms with Crippen LogP contribution in [-0.4, -0.2) is 18.4 Å². The molecule has 3 aromatic carbocycles. The Hall–Kier alpha value is -3.14. The van der Waals surface area contributed by atoms with Gasteiger partial charge in [-0.15, -0.1) is 0 Å². The van der Waals surface area contributed by atoms with E-state index in [1.54, 1.807) is 18.2 Å². The molecule has 0 radical (unpaired) electrons. The zero-order valence-corrected chi connectivity index (χ0v) is 14.7. The fraction of sp³-hybridized carbons (Fsp3) is 0.182. The number of fused-ring (bicyclic) bond motifs is 1. The molecular formula is C22H22N2O2. The third-order valence-corrected chi connectivity index (χ3v) is 4.59. The van der Waals surface area contributed by atoms with Gasteiger partial charge in [0.2, 0.25) is 11.8 Å². The van der Waals surface area contributed by atoms with Crippen molar-refractivity contribution in [2.24, 2.45) is 5.73 Å². The molecule has 0 saturated heterocycles. The minimum absolute atomic E-state index is 0.00802. The standard InChI is InChI=1S/C22H22N2O2/c1-15(18-10-9-17-6-2-3-7-19(17)14-18)22(26)24-12-11-16-5-4-8-20(13-16)21(23)25/h2-10,13-15H,11-12H2,1H3,(H2,23,25)(H,24,26). The number of hydrogen-bond donors (Lipinski definition) is 2. The van der Waals surface area contributed by atoms with Crippen LogP contribution >= 0.6 is 0 Å². The monoisotopic (exact) mass is 346 g/mol. The number of carbonyl (C=O) groups is 2. The third-order valence-electron chi connectivity index (χ3n) is 4.59. The lowest BCUT2D eigenvalue weighted by molar-refractivity contribution is -0.122. The van der Waals surface area contributed by atoms with Crippen molar-refractivity contribution in [2.45, 2.75) is 19.3 Å². The highest BCUT2D eigenvalue weighted by Gasteiger charge is 2.15. The van der Waals surface area contributed by atoms with Crippen molar-refractivity contribution in [1.82, 2.24) is 5.32 Å². The molecule has 0 bridgehead atoms. The highest BCUT2D eigenvalue weighted by molar-refractivity contribution is 5.93. The molecule has 1 atom stereocenters. The van der Waals surface area contributed by atoms with E-state index in [1.807, 2.05) is 37.3 Å². The average molecular weight is 346 g/mol. The van der Waals surface area contributed by atoms with E-state index in [-0.39, 0.29) is 11.8 Å². The van der Waals surface area contributed by atoms with Gasteiger partial charge in [0.05, 0.1) is 5.92 Å². The summed E-state index contributed by atoms with van der Waals surface area (Å²) in [6.45, 7) is 2.42. The summed E-state index contributed by atoms with van der Waals surface area (Å²) in [5, 5.41) is 5.27. The number of nitrogens with one attached hydrogen (secondary N) is 1. The minimum Gasteiger partial charge on any atom is -0.366 e. The first-order chi connectivity index (χ1) is 12.5. The van der Waals surface area contributed by atoms with Crippen molar-refractivity contribution in [3.63, 3.8) is 0 Å². The summed E-state index contributed by atoms with van der Waals surface area (Å²) in [6.07, 6.45) is 0.650. The largest absolute Gasteiger partial charge is 0.366 e. The number of benzene rings is 3. The quantitative estimate of drug-likeness (QED) is 0.718. The van der Waals surface area contributed by atoms with Crippen molar-refractivity contribution < 1.29 is 9.59 Å². The Balaban J connectivity index is 1.60. The predicted molar refractivity (Wildman–Crippen MR) is 104 cm³/mol. The van der Waals surface area contributed by atoms with Crippen molar-refractivity contribution >= 4 is 22.6 Å². The lowest BCUT2D eigenvalue weighted by atomic mass is 9.97. The molecule has 0 spiro atoms. The Kier molecular flexibility index (Phi) is 5.32. The van der Waals surface area contributed by atoms with E-state index in [0.717, 1.165) is 21.9 Å². The first kappa shape index (κ1) is 17.7. The molecule has 3 N–H and O–H groups in total. The van der Waals surface area contributed by atoms with Crippen LogP contribution in [0.15, 0.2) is 66.7 Å². The number of primary amides is 1. The smallest absolute Gasteiger partial charge is 0.248 e. The van der Waals surface area contributed by atoms with E-state index < -0.39 is 5.91 Å². The van der Waals surface area contributed by atoms with Crippen molar-refractivity contribution in [1.29, 1.82) is 0 Å². The van der Waals surface area contributed by atoms with Gasteiger partial charge in [-0.05, 0) is 47.4 Å². The summed E-state index contributed by atoms with van der Waals surface area (Å²) < 4.78 is 0. The summed E-state index contributed by atoms with van der Waals surface area (Å²) in [6, 6.07) is 21.4. The molecule has 0 fully saturated rings. The van der Waals surface area contributed by atoms with E-state index in [1.165, 1.54) is 0 Å². The van der Waals surface area contributed by atoms with Crippen LogP contribution in [0.4, 0.5) is 0 Å². The van der Waals surface area contributed by atoms with Crippen LogP contribution in [0, 0.1) is 0 Å². The maximum Gasteiger partial charge on any atom is 0.248 e. The van der Waals surface area contributed by atoms with Crippen molar-refractivity contribution in [3.8, 4) is 0 Å². The van der Waals surface area contributed by atoms with Crippen molar-refractivity contribution in [3.05, 3.63) is 83.4 Å². The molecule has 0 aromatic heterocycles. The molecule has 0 aliphatic rings. The highest BCUT2D eigenvalue weighted by Crippen LogP contribution is 2.21. The molecular weight excluding hydrogens is 324 g/mol. The third kappa shape index (κ3) is 4.09. The van der Waals surface area contributed by atoms with Crippen LogP contribution < -0.4 is 11.1 Å². The van der Waals surface area contributed by atoms with Crippen LogP contribution in [-0.2, 0) is 11.2 Å². The molecule has 4 nitrogen and oxygen atoms in total. The van der Waals surface area contributed by atoms with Gasteiger partial charge in [-0.1, -0.05) is 54.6 Å². The zero-order chi connectivity index (χ0) is 18.5. The SMILES string of the molecule is CC(C(=O)NCCc1cccc(C(N)=O)c1)c1ccc2ccccc2c1. The minimum atomic E-state index is -0.444. The van der Waals surface area contributed by atoms with Gasteiger partial charge >= 0.3 is 0 Å². The zero-order valence-electron chi connectivity index (χ0n) is 14.7. The first-order valence-corrected chi connectivity index (χ1v) is 8.70. The van der Waals surface area contributed by atoms with Gasteiger partial charge in [-0.25, -0.2) is 0 Å². The van der Waals surface area contributed by atoms with Gasteiger partial charge in [0.1, 0.15) is 0 Å². The van der Waals surface area contributed by atoms with Crippen LogP contribution in [0.2, 0.25) is 0 Å². The summed E-state index contributed by atoms with van der Waals surface area (Å²) in [4.78, 5) is 23.7. The van der Waals surface area contributed by atoms with Gasteiger partial charge in [0, 0.05) is 12.1 Å². The molecule has 3 aromatic rings. The maximum absolute atomic E-state index is 12.5. The molecule has 3 rings (SSSR count). The number of hydrogen-bond acceptors (Lipinski definition) is 2. The Morgan fingerprint density at radius 2 is 1.73 bits per heavy atom. The average Bonchev–Trinajstić information content (AvgIpc) is 2.67. The molecule has 132 valence electrons. The van der Waals surface area contributed by atoms with E-state index in [0.29, 0.717) is 18.5 Å². The number of rotatable bonds is 6. The molecule has 1 unspecified atom stereocenters. The number of carbonyl (C=O) groups excluding carboxylic acids is 2. The van der Waals surface area contributed by atoms with Gasteiger partial charge in [0.25, 0.3) is 0 Å². The summed E-state index contributed by atoms with van der Waals surface area (Å²) in [5.74, 6) is -0.677. The number of amides is 2. The van der Waals surface area contributed by atoms with Gasteiger partial charge < -0.3 is 11.1 Å². The molecule has 0 heterocycles. The summed E-state index contributed by atoms with van der Waals surface area (Å²) in [5.41, 5.74) is 7.75. The van der Waals surface area contributed by atoms with Gasteiger partial charge in [0.15, 0.2) is 0 Å². The first-order valence-electron chi connectivity index (χ1n) is 8.70. The Morgan fingerprint density at radius 1 is 0.962 bits per heavy atom. The van der Waals surface area contributed by atoms with Crippen LogP contribution in [0.5, 0.6) is 0 Å². The lowest BCUT2D eigenvalue weighted by Gasteiger charge is -2.13. The number of nitrogens with two attached hydrogens (primary N) is 1. The lowest BCUT2D eigenvalue weighted by Crippen LogP contribution is -2.29.